The number of hydrogen-bond acceptors (Lipinski definition) is 6. The maximum atomic E-state index is 12.6. The lowest BCUT2D eigenvalue weighted by Gasteiger charge is -2.11. The fourth-order valence-corrected chi connectivity index (χ4v) is 4.21. The molecule has 0 unspecified atom stereocenters. The Labute approximate surface area is 240 Å². The second-order valence-electron chi connectivity index (χ2n) is 10.5. The van der Waals surface area contributed by atoms with Crippen LogP contribution in [0.5, 0.6) is 17.4 Å². The molecule has 1 atom stereocenters. The number of hydrogen-bond donors (Lipinski definition) is 0. The van der Waals surface area contributed by atoms with E-state index in [9.17, 15) is 4.79 Å². The molecule has 0 bridgehead atoms. The molecule has 2 aromatic carbocycles. The highest BCUT2D eigenvalue weighted by Gasteiger charge is 2.10. The van der Waals surface area contributed by atoms with Gasteiger partial charge in [0.1, 0.15) is 11.5 Å². The molecule has 0 aliphatic rings. The van der Waals surface area contributed by atoms with Crippen LogP contribution in [0.3, 0.4) is 0 Å². The monoisotopic (exact) mass is 546 g/mol. The van der Waals surface area contributed by atoms with Gasteiger partial charge in [-0.3, -0.25) is 0 Å². The summed E-state index contributed by atoms with van der Waals surface area (Å²) in [6.45, 7) is 7.88. The first-order chi connectivity index (χ1) is 19.6. The number of carbonyl (C=O) groups excluding carboxylic acids is 1. The van der Waals surface area contributed by atoms with Crippen molar-refractivity contribution in [1.29, 1.82) is 0 Å². The predicted molar refractivity (Wildman–Crippen MR) is 161 cm³/mol. The molecule has 0 radical (unpaired) electrons. The molecule has 0 amide bonds. The Bertz CT molecular complexity index is 1100. The number of benzene rings is 2. The summed E-state index contributed by atoms with van der Waals surface area (Å²) in [6.07, 6.45) is 17.4. The average Bonchev–Trinajstić information content (AvgIpc) is 2.99. The van der Waals surface area contributed by atoms with Crippen LogP contribution in [0, 0.1) is 5.92 Å². The molecule has 3 aromatic rings. The van der Waals surface area contributed by atoms with Crippen molar-refractivity contribution < 1.29 is 19.0 Å². The van der Waals surface area contributed by atoms with Gasteiger partial charge in [0, 0.05) is 5.56 Å². The SMILES string of the molecule is CCCCCCCCCCCCOc1cnc(-c2ccc(C(=O)Oc3ccc(OC[C@@H](C)CC)cc3)cc2)cn1. The molecule has 3 rings (SSSR count). The predicted octanol–water partition coefficient (Wildman–Crippen LogP) is 9.09. The lowest BCUT2D eigenvalue weighted by atomic mass is 10.1. The highest BCUT2D eigenvalue weighted by molar-refractivity contribution is 5.91. The molecule has 0 fully saturated rings. The van der Waals surface area contributed by atoms with Gasteiger partial charge in [0.25, 0.3) is 0 Å². The number of rotatable bonds is 19. The maximum Gasteiger partial charge on any atom is 0.343 e. The minimum Gasteiger partial charge on any atom is -0.493 e. The minimum absolute atomic E-state index is 0.415. The van der Waals surface area contributed by atoms with Crippen molar-refractivity contribution in [3.8, 4) is 28.6 Å². The molecular weight excluding hydrogens is 500 g/mol. The lowest BCUT2D eigenvalue weighted by Crippen LogP contribution is -2.09. The van der Waals surface area contributed by atoms with Crippen molar-refractivity contribution in [2.24, 2.45) is 5.92 Å². The third-order valence-electron chi connectivity index (χ3n) is 7.06. The normalized spacial score (nSPS) is 11.7. The van der Waals surface area contributed by atoms with Gasteiger partial charge in [0.05, 0.1) is 36.9 Å². The molecule has 0 aliphatic carbocycles. The number of esters is 1. The van der Waals surface area contributed by atoms with E-state index in [1.165, 1.54) is 57.8 Å². The summed E-state index contributed by atoms with van der Waals surface area (Å²) in [4.78, 5) is 21.5. The van der Waals surface area contributed by atoms with Gasteiger partial charge in [-0.05, 0) is 48.7 Å². The van der Waals surface area contributed by atoms with Crippen LogP contribution in [0.15, 0.2) is 60.9 Å². The number of ether oxygens (including phenoxy) is 3. The van der Waals surface area contributed by atoms with Gasteiger partial charge >= 0.3 is 5.97 Å². The largest absolute Gasteiger partial charge is 0.493 e. The number of nitrogens with zero attached hydrogens (tertiary/aromatic N) is 2. The number of unbranched alkanes of at least 4 members (excludes halogenated alkanes) is 9. The zero-order valence-corrected chi connectivity index (χ0v) is 24.6. The van der Waals surface area contributed by atoms with E-state index < -0.39 is 5.97 Å². The lowest BCUT2D eigenvalue weighted by molar-refractivity contribution is 0.0734. The topological polar surface area (TPSA) is 70.5 Å². The van der Waals surface area contributed by atoms with Gasteiger partial charge in [-0.25, -0.2) is 14.8 Å². The fourth-order valence-electron chi connectivity index (χ4n) is 4.21. The van der Waals surface area contributed by atoms with E-state index in [0.717, 1.165) is 29.8 Å². The number of aromatic nitrogens is 2. The van der Waals surface area contributed by atoms with Gasteiger partial charge in [-0.1, -0.05) is 97.1 Å². The summed E-state index contributed by atoms with van der Waals surface area (Å²) < 4.78 is 17.0. The van der Waals surface area contributed by atoms with Crippen LogP contribution in [0.4, 0.5) is 0 Å². The van der Waals surface area contributed by atoms with E-state index in [0.29, 0.717) is 36.3 Å². The molecule has 0 spiro atoms. The first kappa shape index (κ1) is 31.1. The molecule has 6 heteroatoms. The van der Waals surface area contributed by atoms with Crippen LogP contribution in [0.2, 0.25) is 0 Å². The van der Waals surface area contributed by atoms with E-state index in [1.807, 2.05) is 24.3 Å². The molecule has 216 valence electrons. The smallest absolute Gasteiger partial charge is 0.343 e. The molecule has 40 heavy (non-hydrogen) atoms. The second kappa shape index (κ2) is 18.0. The van der Waals surface area contributed by atoms with Crippen LogP contribution >= 0.6 is 0 Å². The van der Waals surface area contributed by atoms with Gasteiger partial charge in [-0.2, -0.15) is 0 Å². The summed E-state index contributed by atoms with van der Waals surface area (Å²) in [5.41, 5.74) is 2.05. The van der Waals surface area contributed by atoms with Crippen LogP contribution in [-0.4, -0.2) is 29.2 Å². The third-order valence-corrected chi connectivity index (χ3v) is 7.06. The molecule has 0 N–H and O–H groups in total. The maximum absolute atomic E-state index is 12.6. The Kier molecular flexibility index (Phi) is 14.0. The van der Waals surface area contributed by atoms with Gasteiger partial charge in [-0.15, -0.1) is 0 Å². The second-order valence-corrected chi connectivity index (χ2v) is 10.5. The van der Waals surface area contributed by atoms with E-state index in [2.05, 4.69) is 30.7 Å². The molecular formula is C34H46N2O4. The van der Waals surface area contributed by atoms with Crippen molar-refractivity contribution in [1.82, 2.24) is 9.97 Å². The standard InChI is InChI=1S/C34H46N2O4/c1-4-6-7-8-9-10-11-12-13-14-23-38-33-25-35-32(24-36-33)28-15-17-29(18-16-28)34(37)40-31-21-19-30(20-22-31)39-26-27(3)5-2/h15-22,24-25,27H,4-14,23,26H2,1-3H3/t27-/m0/s1. The Morgan fingerprint density at radius 1 is 0.725 bits per heavy atom. The fraction of sp³-hybridized carbons (Fsp3) is 0.500. The molecule has 1 heterocycles. The van der Waals surface area contributed by atoms with E-state index in [4.69, 9.17) is 14.2 Å². The van der Waals surface area contributed by atoms with Crippen molar-refractivity contribution in [2.45, 2.75) is 91.4 Å². The third kappa shape index (κ3) is 11.4. The van der Waals surface area contributed by atoms with Crippen LogP contribution in [0.1, 0.15) is 102 Å². The van der Waals surface area contributed by atoms with Gasteiger partial charge in [0.15, 0.2) is 0 Å². The summed E-state index contributed by atoms with van der Waals surface area (Å²) in [7, 11) is 0. The van der Waals surface area contributed by atoms with Crippen molar-refractivity contribution in [3.63, 3.8) is 0 Å². The van der Waals surface area contributed by atoms with Crippen LogP contribution in [0.25, 0.3) is 11.3 Å². The Morgan fingerprint density at radius 2 is 1.35 bits per heavy atom. The number of carbonyl (C=O) groups is 1. The van der Waals surface area contributed by atoms with Crippen molar-refractivity contribution in [3.05, 3.63) is 66.5 Å². The summed E-state index contributed by atoms with van der Waals surface area (Å²) in [5.74, 6) is 1.86. The zero-order valence-electron chi connectivity index (χ0n) is 24.6. The van der Waals surface area contributed by atoms with Gasteiger partial charge in [0.2, 0.25) is 5.88 Å². The van der Waals surface area contributed by atoms with Crippen molar-refractivity contribution >= 4 is 5.97 Å². The van der Waals surface area contributed by atoms with E-state index in [-0.39, 0.29) is 0 Å². The Morgan fingerprint density at radius 3 is 1.95 bits per heavy atom. The summed E-state index contributed by atoms with van der Waals surface area (Å²) in [6, 6.07) is 14.3. The van der Waals surface area contributed by atoms with Crippen molar-refractivity contribution in [2.75, 3.05) is 13.2 Å². The minimum atomic E-state index is -0.415. The average molecular weight is 547 g/mol. The Balaban J connectivity index is 1.36. The quantitative estimate of drug-likeness (QED) is 0.0848. The van der Waals surface area contributed by atoms with Crippen LogP contribution in [-0.2, 0) is 0 Å². The van der Waals surface area contributed by atoms with Gasteiger partial charge < -0.3 is 14.2 Å². The highest BCUT2D eigenvalue weighted by Crippen LogP contribution is 2.22. The molecule has 1 aromatic heterocycles. The molecule has 6 nitrogen and oxygen atoms in total. The summed E-state index contributed by atoms with van der Waals surface area (Å²) in [5, 5.41) is 0. The van der Waals surface area contributed by atoms with Crippen LogP contribution < -0.4 is 14.2 Å². The first-order valence-electron chi connectivity index (χ1n) is 15.1. The molecule has 0 saturated carbocycles. The van der Waals surface area contributed by atoms with E-state index >= 15 is 0 Å². The highest BCUT2D eigenvalue weighted by atomic mass is 16.5. The first-order valence-corrected chi connectivity index (χ1v) is 15.1. The molecule has 0 aliphatic heterocycles. The molecule has 0 saturated heterocycles. The van der Waals surface area contributed by atoms with E-state index in [1.54, 1.807) is 36.7 Å². The Hall–Kier alpha value is -3.41. The summed E-state index contributed by atoms with van der Waals surface area (Å²) >= 11 is 0. The zero-order chi connectivity index (χ0) is 28.4.